The first-order valence-electron chi connectivity index (χ1n) is 6.01. The second-order valence-electron chi connectivity index (χ2n) is 5.51. The van der Waals surface area contributed by atoms with Crippen molar-refractivity contribution in [2.75, 3.05) is 26.2 Å². The third-order valence-corrected chi connectivity index (χ3v) is 3.23. The molecule has 1 aliphatic heterocycles. The Hall–Kier alpha value is -1.41. The summed E-state index contributed by atoms with van der Waals surface area (Å²) < 4.78 is 12.9. The molecule has 0 aliphatic carbocycles. The standard InChI is InChI=1S/C13H20FN3O/c1-10(14)12(18)17-7-6-16(13(2,3)4)9-11(17)8-15-5/h11H,1,6-9H2,2-4H3/t11-/m0/s1. The SMILES string of the molecule is [C-]#[N+]C[C@H]1CN(C(C)(C)C)CCN1C(=O)C(=C)F. The van der Waals surface area contributed by atoms with E-state index in [0.717, 1.165) is 0 Å². The summed E-state index contributed by atoms with van der Waals surface area (Å²) in [6.45, 7) is 18.2. The number of amides is 1. The van der Waals surface area contributed by atoms with Gasteiger partial charge in [-0.05, 0) is 20.8 Å². The van der Waals surface area contributed by atoms with Gasteiger partial charge in [-0.2, -0.15) is 0 Å². The highest BCUT2D eigenvalue weighted by atomic mass is 19.1. The minimum absolute atomic E-state index is 0.0118. The second kappa shape index (κ2) is 5.49. The number of nitrogens with zero attached hydrogens (tertiary/aromatic N) is 3. The molecule has 1 aliphatic rings. The molecule has 1 amide bonds. The second-order valence-corrected chi connectivity index (χ2v) is 5.51. The smallest absolute Gasteiger partial charge is 0.282 e. The topological polar surface area (TPSA) is 27.9 Å². The first-order chi connectivity index (χ1) is 8.27. The van der Waals surface area contributed by atoms with Gasteiger partial charge >= 0.3 is 0 Å². The van der Waals surface area contributed by atoms with Gasteiger partial charge in [-0.3, -0.25) is 9.69 Å². The Morgan fingerprint density at radius 2 is 2.11 bits per heavy atom. The first kappa shape index (κ1) is 14.7. The molecule has 18 heavy (non-hydrogen) atoms. The average Bonchev–Trinajstić information content (AvgIpc) is 2.27. The summed E-state index contributed by atoms with van der Waals surface area (Å²) in [5, 5.41) is 0. The van der Waals surface area contributed by atoms with Crippen molar-refractivity contribution < 1.29 is 9.18 Å². The van der Waals surface area contributed by atoms with E-state index in [0.29, 0.717) is 19.6 Å². The van der Waals surface area contributed by atoms with E-state index in [4.69, 9.17) is 6.57 Å². The molecule has 0 bridgehead atoms. The molecule has 0 radical (unpaired) electrons. The quantitative estimate of drug-likeness (QED) is 0.553. The van der Waals surface area contributed by atoms with Crippen LogP contribution in [-0.2, 0) is 4.79 Å². The van der Waals surface area contributed by atoms with Gasteiger partial charge in [0.2, 0.25) is 6.54 Å². The van der Waals surface area contributed by atoms with E-state index in [1.165, 1.54) is 4.90 Å². The van der Waals surface area contributed by atoms with Gasteiger partial charge in [-0.25, -0.2) is 11.0 Å². The number of piperazine rings is 1. The summed E-state index contributed by atoms with van der Waals surface area (Å²) in [5.74, 6) is -1.63. The highest BCUT2D eigenvalue weighted by molar-refractivity contribution is 5.91. The van der Waals surface area contributed by atoms with Crippen LogP contribution in [0.5, 0.6) is 0 Å². The maximum Gasteiger partial charge on any atom is 0.282 e. The average molecular weight is 253 g/mol. The van der Waals surface area contributed by atoms with Gasteiger partial charge in [0.05, 0.1) is 0 Å². The van der Waals surface area contributed by atoms with Gasteiger partial charge in [0.25, 0.3) is 5.91 Å². The molecule has 0 unspecified atom stereocenters. The van der Waals surface area contributed by atoms with Crippen molar-refractivity contribution >= 4 is 5.91 Å². The number of carbonyl (C=O) groups is 1. The fourth-order valence-corrected chi connectivity index (χ4v) is 2.15. The zero-order chi connectivity index (χ0) is 13.9. The van der Waals surface area contributed by atoms with E-state index in [1.807, 2.05) is 0 Å². The molecule has 0 spiro atoms. The molecule has 100 valence electrons. The van der Waals surface area contributed by atoms with Crippen molar-refractivity contribution in [3.8, 4) is 0 Å². The lowest BCUT2D eigenvalue weighted by atomic mass is 10.0. The van der Waals surface area contributed by atoms with Crippen LogP contribution in [0.15, 0.2) is 12.4 Å². The Morgan fingerprint density at radius 3 is 2.56 bits per heavy atom. The van der Waals surface area contributed by atoms with E-state index in [1.54, 1.807) is 0 Å². The van der Waals surface area contributed by atoms with Crippen LogP contribution >= 0.6 is 0 Å². The van der Waals surface area contributed by atoms with Crippen molar-refractivity contribution in [1.29, 1.82) is 0 Å². The third kappa shape index (κ3) is 3.30. The molecule has 0 aromatic heterocycles. The van der Waals surface area contributed by atoms with Crippen LogP contribution in [0.4, 0.5) is 4.39 Å². The molecule has 5 heteroatoms. The van der Waals surface area contributed by atoms with Gasteiger partial charge in [-0.1, -0.05) is 6.58 Å². The minimum atomic E-state index is -0.950. The number of hydrogen-bond donors (Lipinski definition) is 0. The van der Waals surface area contributed by atoms with Crippen LogP contribution < -0.4 is 0 Å². The molecule has 4 nitrogen and oxygen atoms in total. The van der Waals surface area contributed by atoms with Gasteiger partial charge in [0.1, 0.15) is 6.04 Å². The molecule has 0 aromatic rings. The number of hydrogen-bond acceptors (Lipinski definition) is 2. The van der Waals surface area contributed by atoms with Crippen LogP contribution in [0.25, 0.3) is 4.85 Å². The summed E-state index contributed by atoms with van der Waals surface area (Å²) >= 11 is 0. The van der Waals surface area contributed by atoms with E-state index in [-0.39, 0.29) is 18.1 Å². The highest BCUT2D eigenvalue weighted by Crippen LogP contribution is 2.21. The Morgan fingerprint density at radius 1 is 1.50 bits per heavy atom. The summed E-state index contributed by atoms with van der Waals surface area (Å²) in [5.41, 5.74) is -0.0118. The van der Waals surface area contributed by atoms with Gasteiger partial charge in [0, 0.05) is 25.2 Å². The number of halogens is 1. The summed E-state index contributed by atoms with van der Waals surface area (Å²) in [6, 6.07) is -0.254. The van der Waals surface area contributed by atoms with Gasteiger partial charge in [0.15, 0.2) is 5.83 Å². The first-order valence-corrected chi connectivity index (χ1v) is 6.01. The predicted octanol–water partition coefficient (Wildman–Crippen LogP) is 1.70. The van der Waals surface area contributed by atoms with Crippen LogP contribution in [0.3, 0.4) is 0 Å². The van der Waals surface area contributed by atoms with E-state index < -0.39 is 11.7 Å². The molecular formula is C13H20FN3O. The van der Waals surface area contributed by atoms with Crippen LogP contribution in [0.2, 0.25) is 0 Å². The largest absolute Gasteiger partial charge is 0.324 e. The van der Waals surface area contributed by atoms with E-state index in [9.17, 15) is 9.18 Å². The maximum atomic E-state index is 12.9. The Labute approximate surface area is 108 Å². The number of rotatable bonds is 2. The lowest BCUT2D eigenvalue weighted by molar-refractivity contribution is -0.134. The van der Waals surface area contributed by atoms with Crippen molar-refractivity contribution in [3.63, 3.8) is 0 Å². The van der Waals surface area contributed by atoms with E-state index in [2.05, 4.69) is 37.1 Å². The van der Waals surface area contributed by atoms with Crippen LogP contribution in [0, 0.1) is 6.57 Å². The Bertz CT molecular complexity index is 381. The van der Waals surface area contributed by atoms with Gasteiger partial charge < -0.3 is 9.74 Å². The molecule has 1 atom stereocenters. The third-order valence-electron chi connectivity index (χ3n) is 3.23. The zero-order valence-electron chi connectivity index (χ0n) is 11.2. The summed E-state index contributed by atoms with van der Waals surface area (Å²) in [4.78, 5) is 18.7. The molecule has 1 rings (SSSR count). The molecule has 0 N–H and O–H groups in total. The van der Waals surface area contributed by atoms with Crippen molar-refractivity contribution in [2.24, 2.45) is 0 Å². The van der Waals surface area contributed by atoms with Crippen LogP contribution in [0.1, 0.15) is 20.8 Å². The fourth-order valence-electron chi connectivity index (χ4n) is 2.15. The van der Waals surface area contributed by atoms with Gasteiger partial charge in [-0.15, -0.1) is 0 Å². The maximum absolute atomic E-state index is 12.9. The predicted molar refractivity (Wildman–Crippen MR) is 68.5 cm³/mol. The van der Waals surface area contributed by atoms with Crippen molar-refractivity contribution in [1.82, 2.24) is 9.80 Å². The molecule has 1 saturated heterocycles. The summed E-state index contributed by atoms with van der Waals surface area (Å²) in [7, 11) is 0. The molecule has 1 fully saturated rings. The molecule has 0 saturated carbocycles. The Balaban J connectivity index is 2.82. The summed E-state index contributed by atoms with van der Waals surface area (Å²) in [6.07, 6.45) is 0. The number of carbonyl (C=O) groups excluding carboxylic acids is 1. The van der Waals surface area contributed by atoms with Crippen molar-refractivity contribution in [2.45, 2.75) is 32.4 Å². The monoisotopic (exact) mass is 253 g/mol. The highest BCUT2D eigenvalue weighted by Gasteiger charge is 2.36. The normalized spacial score (nSPS) is 21.5. The van der Waals surface area contributed by atoms with Crippen LogP contribution in [-0.4, -0.2) is 53.5 Å². The van der Waals surface area contributed by atoms with E-state index >= 15 is 0 Å². The minimum Gasteiger partial charge on any atom is -0.324 e. The van der Waals surface area contributed by atoms with Crippen molar-refractivity contribution in [3.05, 3.63) is 23.8 Å². The molecule has 0 aromatic carbocycles. The Kier molecular flexibility index (Phi) is 4.47. The lowest BCUT2D eigenvalue weighted by Gasteiger charge is -2.45. The lowest BCUT2D eigenvalue weighted by Crippen LogP contribution is -2.60. The zero-order valence-corrected chi connectivity index (χ0v) is 11.2. The molecular weight excluding hydrogens is 233 g/mol. The fraction of sp³-hybridized carbons (Fsp3) is 0.692. The molecule has 1 heterocycles.